The molecule has 1 heterocycles. The van der Waals surface area contributed by atoms with Crippen molar-refractivity contribution in [3.8, 4) is 11.1 Å². The first kappa shape index (κ1) is 15.8. The van der Waals surface area contributed by atoms with Crippen LogP contribution in [0.5, 0.6) is 0 Å². The average molecular weight is 284 g/mol. The van der Waals surface area contributed by atoms with Crippen molar-refractivity contribution in [1.29, 1.82) is 0 Å². The Morgan fingerprint density at radius 2 is 1.57 bits per heavy atom. The van der Waals surface area contributed by atoms with Crippen LogP contribution < -0.4 is 0 Å². The zero-order valence-electron chi connectivity index (χ0n) is 13.8. The molecule has 114 valence electrons. The molecule has 2 rings (SSSR count). The molecule has 0 saturated heterocycles. The van der Waals surface area contributed by atoms with Crippen LogP contribution in [0, 0.1) is 0 Å². The maximum Gasteiger partial charge on any atom is 0.0568 e. The molecule has 1 aromatic heterocycles. The van der Waals surface area contributed by atoms with Gasteiger partial charge in [0.15, 0.2) is 0 Å². The maximum atomic E-state index is 4.43. The summed E-state index contributed by atoms with van der Waals surface area (Å²) in [6.07, 6.45) is 9.19. The molecule has 2 heteroatoms. The van der Waals surface area contributed by atoms with Crippen molar-refractivity contribution in [1.82, 2.24) is 9.78 Å². The molecule has 0 spiro atoms. The van der Waals surface area contributed by atoms with E-state index in [1.54, 1.807) is 0 Å². The van der Waals surface area contributed by atoms with Crippen LogP contribution in [-0.4, -0.2) is 9.78 Å². The first-order chi connectivity index (χ1) is 10.2. The third kappa shape index (κ3) is 3.96. The van der Waals surface area contributed by atoms with Crippen molar-refractivity contribution < 1.29 is 0 Å². The van der Waals surface area contributed by atoms with Crippen molar-refractivity contribution in [2.24, 2.45) is 0 Å². The molecule has 0 radical (unpaired) electrons. The molecular formula is C19H28N2. The van der Waals surface area contributed by atoms with Crippen LogP contribution in [0.25, 0.3) is 11.1 Å². The van der Waals surface area contributed by atoms with E-state index in [0.29, 0.717) is 12.0 Å². The van der Waals surface area contributed by atoms with Gasteiger partial charge in [0.2, 0.25) is 0 Å². The van der Waals surface area contributed by atoms with Crippen molar-refractivity contribution in [3.63, 3.8) is 0 Å². The van der Waals surface area contributed by atoms with Gasteiger partial charge < -0.3 is 0 Å². The van der Waals surface area contributed by atoms with Crippen molar-refractivity contribution >= 4 is 0 Å². The highest BCUT2D eigenvalue weighted by Crippen LogP contribution is 2.28. The van der Waals surface area contributed by atoms with Crippen LogP contribution in [-0.2, 0) is 0 Å². The summed E-state index contributed by atoms with van der Waals surface area (Å²) in [4.78, 5) is 0. The van der Waals surface area contributed by atoms with Crippen LogP contribution >= 0.6 is 0 Å². The quantitative estimate of drug-likeness (QED) is 0.627. The van der Waals surface area contributed by atoms with Gasteiger partial charge in [-0.1, -0.05) is 51.0 Å². The summed E-state index contributed by atoms with van der Waals surface area (Å²) in [6.45, 7) is 8.86. The predicted molar refractivity (Wildman–Crippen MR) is 90.6 cm³/mol. The van der Waals surface area contributed by atoms with Gasteiger partial charge in [0.1, 0.15) is 0 Å². The molecule has 0 bridgehead atoms. The third-order valence-corrected chi connectivity index (χ3v) is 4.12. The fraction of sp³-hybridized carbons (Fsp3) is 0.526. The minimum atomic E-state index is 0.413. The summed E-state index contributed by atoms with van der Waals surface area (Å²) < 4.78 is 2.01. The number of nitrogens with zero attached hydrogens (tertiary/aromatic N) is 2. The van der Waals surface area contributed by atoms with E-state index in [1.165, 1.54) is 42.4 Å². The normalized spacial score (nSPS) is 11.5. The maximum absolute atomic E-state index is 4.43. The minimum Gasteiger partial charge on any atom is -0.270 e. The first-order valence-corrected chi connectivity index (χ1v) is 8.30. The lowest BCUT2D eigenvalue weighted by Gasteiger charge is -2.16. The second-order valence-corrected chi connectivity index (χ2v) is 6.20. The van der Waals surface area contributed by atoms with Gasteiger partial charge in [-0.2, -0.15) is 5.10 Å². The number of aromatic nitrogens is 2. The van der Waals surface area contributed by atoms with Gasteiger partial charge in [-0.05, 0) is 43.7 Å². The molecule has 0 saturated carbocycles. The molecular weight excluding hydrogens is 256 g/mol. The molecule has 0 aliphatic heterocycles. The predicted octanol–water partition coefficient (Wildman–Crippen LogP) is 5.81. The summed E-state index contributed by atoms with van der Waals surface area (Å²) in [7, 11) is 0. The summed E-state index contributed by atoms with van der Waals surface area (Å²) >= 11 is 0. The first-order valence-electron chi connectivity index (χ1n) is 8.30. The van der Waals surface area contributed by atoms with Crippen LogP contribution in [0.3, 0.4) is 0 Å². The molecule has 0 unspecified atom stereocenters. The Kier molecular flexibility index (Phi) is 5.60. The topological polar surface area (TPSA) is 17.8 Å². The Balaban J connectivity index is 2.16. The highest BCUT2D eigenvalue weighted by atomic mass is 15.3. The molecule has 2 nitrogen and oxygen atoms in total. The van der Waals surface area contributed by atoms with E-state index in [9.17, 15) is 0 Å². The third-order valence-electron chi connectivity index (χ3n) is 4.12. The molecule has 2 aromatic rings. The van der Waals surface area contributed by atoms with Crippen molar-refractivity contribution in [3.05, 3.63) is 42.2 Å². The van der Waals surface area contributed by atoms with E-state index >= 15 is 0 Å². The van der Waals surface area contributed by atoms with Gasteiger partial charge in [-0.25, -0.2) is 0 Å². The fourth-order valence-electron chi connectivity index (χ4n) is 2.89. The molecule has 0 N–H and O–H groups in total. The van der Waals surface area contributed by atoms with Crippen LogP contribution in [0.1, 0.15) is 70.9 Å². The SMILES string of the molecule is CCCC(CCC)c1ccc(-c2cnn(C(C)C)c2)cc1. The molecule has 0 atom stereocenters. The molecule has 0 aliphatic rings. The number of hydrogen-bond acceptors (Lipinski definition) is 1. The van der Waals surface area contributed by atoms with Gasteiger partial charge >= 0.3 is 0 Å². The zero-order valence-corrected chi connectivity index (χ0v) is 13.8. The van der Waals surface area contributed by atoms with Crippen molar-refractivity contribution in [2.75, 3.05) is 0 Å². The van der Waals surface area contributed by atoms with E-state index < -0.39 is 0 Å². The summed E-state index contributed by atoms with van der Waals surface area (Å²) in [5.41, 5.74) is 3.95. The van der Waals surface area contributed by atoms with Gasteiger partial charge in [0, 0.05) is 17.8 Å². The molecule has 0 amide bonds. The lowest BCUT2D eigenvalue weighted by molar-refractivity contribution is 0.532. The summed E-state index contributed by atoms with van der Waals surface area (Å²) in [5.74, 6) is 0.715. The Hall–Kier alpha value is -1.57. The van der Waals surface area contributed by atoms with E-state index in [-0.39, 0.29) is 0 Å². The van der Waals surface area contributed by atoms with E-state index in [2.05, 4.69) is 63.3 Å². The van der Waals surface area contributed by atoms with Gasteiger partial charge in [-0.3, -0.25) is 4.68 Å². The molecule has 21 heavy (non-hydrogen) atoms. The van der Waals surface area contributed by atoms with E-state index in [0.717, 1.165) is 0 Å². The standard InChI is InChI=1S/C19H28N2/c1-5-7-16(8-6-2)17-9-11-18(12-10-17)19-13-20-21(14-19)15(3)4/h9-16H,5-8H2,1-4H3. The van der Waals surface area contributed by atoms with Crippen LogP contribution in [0.4, 0.5) is 0 Å². The Morgan fingerprint density at radius 3 is 2.05 bits per heavy atom. The smallest absolute Gasteiger partial charge is 0.0568 e. The number of benzene rings is 1. The van der Waals surface area contributed by atoms with Crippen LogP contribution in [0.2, 0.25) is 0 Å². The second-order valence-electron chi connectivity index (χ2n) is 6.20. The second kappa shape index (κ2) is 7.44. The average Bonchev–Trinajstić information content (AvgIpc) is 2.97. The lowest BCUT2D eigenvalue weighted by Crippen LogP contribution is -1.99. The molecule has 1 aromatic carbocycles. The summed E-state index contributed by atoms with van der Waals surface area (Å²) in [6, 6.07) is 9.51. The lowest BCUT2D eigenvalue weighted by atomic mass is 9.89. The highest BCUT2D eigenvalue weighted by Gasteiger charge is 2.10. The van der Waals surface area contributed by atoms with Gasteiger partial charge in [-0.15, -0.1) is 0 Å². The Morgan fingerprint density at radius 1 is 0.952 bits per heavy atom. The van der Waals surface area contributed by atoms with Crippen LogP contribution in [0.15, 0.2) is 36.7 Å². The van der Waals surface area contributed by atoms with E-state index in [1.807, 2.05) is 10.9 Å². The van der Waals surface area contributed by atoms with E-state index in [4.69, 9.17) is 0 Å². The largest absolute Gasteiger partial charge is 0.270 e. The Labute approximate surface area is 129 Å². The minimum absolute atomic E-state index is 0.413. The van der Waals surface area contributed by atoms with Crippen molar-refractivity contribution in [2.45, 2.75) is 65.3 Å². The van der Waals surface area contributed by atoms with Gasteiger partial charge in [0.05, 0.1) is 6.20 Å². The Bertz CT molecular complexity index is 531. The van der Waals surface area contributed by atoms with Gasteiger partial charge in [0.25, 0.3) is 0 Å². The monoisotopic (exact) mass is 284 g/mol. The fourth-order valence-corrected chi connectivity index (χ4v) is 2.89. The number of rotatable bonds is 7. The highest BCUT2D eigenvalue weighted by molar-refractivity contribution is 5.62. The number of hydrogen-bond donors (Lipinski definition) is 0. The molecule has 0 fully saturated rings. The zero-order chi connectivity index (χ0) is 15.2. The molecule has 0 aliphatic carbocycles. The summed E-state index contributed by atoms with van der Waals surface area (Å²) in [5, 5.41) is 4.43.